The van der Waals surface area contributed by atoms with Gasteiger partial charge in [0.05, 0.1) is 25.9 Å². The number of aliphatic hydroxyl groups excluding tert-OH is 1. The molecule has 0 aromatic heterocycles. The zero-order chi connectivity index (χ0) is 14.2. The Morgan fingerprint density at radius 2 is 2.00 bits per heavy atom. The number of carbonyl (C=O) groups is 1. The first kappa shape index (κ1) is 14.8. The fourth-order valence-corrected chi connectivity index (χ4v) is 2.34. The SMILES string of the molecule is O=C(CNc1ccccc1)N1CCC(OCCO)CC1. The minimum atomic E-state index is 0.0557. The van der Waals surface area contributed by atoms with Crippen molar-refractivity contribution in [3.63, 3.8) is 0 Å². The molecule has 20 heavy (non-hydrogen) atoms. The van der Waals surface area contributed by atoms with E-state index in [4.69, 9.17) is 9.84 Å². The van der Waals surface area contributed by atoms with Crippen LogP contribution < -0.4 is 5.32 Å². The minimum Gasteiger partial charge on any atom is -0.394 e. The molecule has 1 aromatic rings. The molecule has 1 saturated heterocycles. The molecule has 110 valence electrons. The van der Waals surface area contributed by atoms with Gasteiger partial charge in [-0.25, -0.2) is 0 Å². The number of anilines is 1. The molecule has 1 heterocycles. The van der Waals surface area contributed by atoms with Crippen LogP contribution in [0.25, 0.3) is 0 Å². The maximum Gasteiger partial charge on any atom is 0.241 e. The number of hydrogen-bond acceptors (Lipinski definition) is 4. The molecule has 5 nitrogen and oxygen atoms in total. The Morgan fingerprint density at radius 3 is 2.65 bits per heavy atom. The summed E-state index contributed by atoms with van der Waals surface area (Å²) in [6.45, 7) is 2.22. The summed E-state index contributed by atoms with van der Waals surface area (Å²) in [5, 5.41) is 11.8. The molecular formula is C15H22N2O3. The molecule has 2 rings (SSSR count). The first-order valence-electron chi connectivity index (χ1n) is 7.09. The zero-order valence-corrected chi connectivity index (χ0v) is 11.6. The molecule has 2 N–H and O–H groups in total. The van der Waals surface area contributed by atoms with Crippen molar-refractivity contribution in [2.45, 2.75) is 18.9 Å². The van der Waals surface area contributed by atoms with E-state index in [0.717, 1.165) is 31.6 Å². The van der Waals surface area contributed by atoms with Gasteiger partial charge >= 0.3 is 0 Å². The molecule has 0 atom stereocenters. The third-order valence-electron chi connectivity index (χ3n) is 3.46. The number of ether oxygens (including phenoxy) is 1. The van der Waals surface area contributed by atoms with E-state index < -0.39 is 0 Å². The van der Waals surface area contributed by atoms with Gasteiger partial charge in [0.15, 0.2) is 0 Å². The normalized spacial score (nSPS) is 16.1. The number of para-hydroxylation sites is 1. The van der Waals surface area contributed by atoms with E-state index in [1.54, 1.807) is 0 Å². The summed E-state index contributed by atoms with van der Waals surface area (Å²) >= 11 is 0. The maximum atomic E-state index is 12.1. The van der Waals surface area contributed by atoms with Crippen molar-refractivity contribution in [3.05, 3.63) is 30.3 Å². The summed E-state index contributed by atoms with van der Waals surface area (Å²) in [4.78, 5) is 13.9. The summed E-state index contributed by atoms with van der Waals surface area (Å²) in [6.07, 6.45) is 1.86. The molecule has 1 aliphatic rings. The lowest BCUT2D eigenvalue weighted by Crippen LogP contribution is -2.43. The third kappa shape index (κ3) is 4.51. The predicted octanol–water partition coefficient (Wildman–Crippen LogP) is 1.10. The second-order valence-corrected chi connectivity index (χ2v) is 4.89. The highest BCUT2D eigenvalue weighted by Gasteiger charge is 2.22. The average Bonchev–Trinajstić information content (AvgIpc) is 2.52. The van der Waals surface area contributed by atoms with E-state index in [0.29, 0.717) is 13.2 Å². The van der Waals surface area contributed by atoms with E-state index in [1.807, 2.05) is 35.2 Å². The van der Waals surface area contributed by atoms with Gasteiger partial charge in [-0.2, -0.15) is 0 Å². The van der Waals surface area contributed by atoms with Gasteiger partial charge < -0.3 is 20.1 Å². The second kappa shape index (κ2) is 7.87. The van der Waals surface area contributed by atoms with Crippen LogP contribution in [0.15, 0.2) is 30.3 Å². The third-order valence-corrected chi connectivity index (χ3v) is 3.46. The van der Waals surface area contributed by atoms with E-state index in [9.17, 15) is 4.79 Å². The van der Waals surface area contributed by atoms with E-state index >= 15 is 0 Å². The number of nitrogens with one attached hydrogen (secondary N) is 1. The second-order valence-electron chi connectivity index (χ2n) is 4.89. The van der Waals surface area contributed by atoms with E-state index in [1.165, 1.54) is 0 Å². The Balaban J connectivity index is 1.69. The predicted molar refractivity (Wildman–Crippen MR) is 77.6 cm³/mol. The molecule has 0 aliphatic carbocycles. The molecular weight excluding hydrogens is 256 g/mol. The van der Waals surface area contributed by atoms with Gasteiger partial charge in [-0.1, -0.05) is 18.2 Å². The Labute approximate surface area is 119 Å². The smallest absolute Gasteiger partial charge is 0.241 e. The molecule has 5 heteroatoms. The van der Waals surface area contributed by atoms with E-state index in [2.05, 4.69) is 5.32 Å². The zero-order valence-electron chi connectivity index (χ0n) is 11.6. The lowest BCUT2D eigenvalue weighted by Gasteiger charge is -2.32. The molecule has 0 radical (unpaired) electrons. The summed E-state index contributed by atoms with van der Waals surface area (Å²) in [7, 11) is 0. The number of piperidine rings is 1. The Kier molecular flexibility index (Phi) is 5.83. The topological polar surface area (TPSA) is 61.8 Å². The summed E-state index contributed by atoms with van der Waals surface area (Å²) in [5.41, 5.74) is 0.960. The van der Waals surface area contributed by atoms with Crippen LogP contribution in [-0.4, -0.2) is 54.9 Å². The number of aliphatic hydroxyl groups is 1. The molecule has 0 unspecified atom stereocenters. The molecule has 0 spiro atoms. The highest BCUT2D eigenvalue weighted by atomic mass is 16.5. The van der Waals surface area contributed by atoms with Gasteiger partial charge in [-0.3, -0.25) is 4.79 Å². The van der Waals surface area contributed by atoms with Crippen LogP contribution >= 0.6 is 0 Å². The summed E-state index contributed by atoms with van der Waals surface area (Å²) in [5.74, 6) is 0.120. The van der Waals surface area contributed by atoms with Gasteiger partial charge in [-0.05, 0) is 25.0 Å². The first-order chi connectivity index (χ1) is 9.79. The van der Waals surface area contributed by atoms with Crippen molar-refractivity contribution in [3.8, 4) is 0 Å². The lowest BCUT2D eigenvalue weighted by molar-refractivity contribution is -0.132. The van der Waals surface area contributed by atoms with Gasteiger partial charge in [0, 0.05) is 18.8 Å². The van der Waals surface area contributed by atoms with Crippen molar-refractivity contribution in [1.29, 1.82) is 0 Å². The fraction of sp³-hybridized carbons (Fsp3) is 0.533. The number of likely N-dealkylation sites (tertiary alicyclic amines) is 1. The minimum absolute atomic E-state index is 0.0557. The maximum absolute atomic E-state index is 12.1. The van der Waals surface area contributed by atoms with Crippen LogP contribution in [0.3, 0.4) is 0 Å². The van der Waals surface area contributed by atoms with Crippen LogP contribution in [-0.2, 0) is 9.53 Å². The number of rotatable bonds is 6. The number of carbonyl (C=O) groups excluding carboxylic acids is 1. The Bertz CT molecular complexity index is 403. The van der Waals surface area contributed by atoms with Crippen molar-refractivity contribution in [2.75, 3.05) is 38.2 Å². The van der Waals surface area contributed by atoms with Crippen molar-refractivity contribution in [1.82, 2.24) is 4.90 Å². The molecule has 1 aromatic carbocycles. The van der Waals surface area contributed by atoms with Gasteiger partial charge in [-0.15, -0.1) is 0 Å². The average molecular weight is 278 g/mol. The molecule has 1 fully saturated rings. The van der Waals surface area contributed by atoms with Crippen LogP contribution in [0.2, 0.25) is 0 Å². The van der Waals surface area contributed by atoms with Crippen LogP contribution in [0.1, 0.15) is 12.8 Å². The van der Waals surface area contributed by atoms with Crippen LogP contribution in [0, 0.1) is 0 Å². The lowest BCUT2D eigenvalue weighted by atomic mass is 10.1. The van der Waals surface area contributed by atoms with Crippen LogP contribution in [0.4, 0.5) is 5.69 Å². The summed E-state index contributed by atoms with van der Waals surface area (Å²) < 4.78 is 5.49. The Morgan fingerprint density at radius 1 is 1.30 bits per heavy atom. The highest BCUT2D eigenvalue weighted by molar-refractivity contribution is 5.80. The number of benzene rings is 1. The molecule has 1 aliphatic heterocycles. The number of nitrogens with zero attached hydrogens (tertiary/aromatic N) is 1. The Hall–Kier alpha value is -1.59. The van der Waals surface area contributed by atoms with Gasteiger partial charge in [0.1, 0.15) is 0 Å². The highest BCUT2D eigenvalue weighted by Crippen LogP contribution is 2.14. The molecule has 1 amide bonds. The van der Waals surface area contributed by atoms with Crippen molar-refractivity contribution in [2.24, 2.45) is 0 Å². The van der Waals surface area contributed by atoms with E-state index in [-0.39, 0.29) is 18.6 Å². The fourth-order valence-electron chi connectivity index (χ4n) is 2.34. The summed E-state index contributed by atoms with van der Waals surface area (Å²) in [6, 6.07) is 9.72. The quantitative estimate of drug-likeness (QED) is 0.818. The standard InChI is InChI=1S/C15H22N2O3/c18-10-11-20-14-6-8-17(9-7-14)15(19)12-16-13-4-2-1-3-5-13/h1-5,14,16,18H,6-12H2. The van der Waals surface area contributed by atoms with Gasteiger partial charge in [0.25, 0.3) is 0 Å². The first-order valence-corrected chi connectivity index (χ1v) is 7.09. The van der Waals surface area contributed by atoms with Crippen molar-refractivity contribution >= 4 is 11.6 Å². The number of hydrogen-bond donors (Lipinski definition) is 2. The molecule has 0 bridgehead atoms. The number of amides is 1. The monoisotopic (exact) mass is 278 g/mol. The molecule has 0 saturated carbocycles. The van der Waals surface area contributed by atoms with Crippen LogP contribution in [0.5, 0.6) is 0 Å². The van der Waals surface area contributed by atoms with Gasteiger partial charge in [0.2, 0.25) is 5.91 Å². The van der Waals surface area contributed by atoms with Crippen molar-refractivity contribution < 1.29 is 14.6 Å². The largest absolute Gasteiger partial charge is 0.394 e.